The molecule has 80 valence electrons. The zero-order valence-corrected chi connectivity index (χ0v) is 9.34. The van der Waals surface area contributed by atoms with Crippen LogP contribution < -0.4 is 5.32 Å². The summed E-state index contributed by atoms with van der Waals surface area (Å²) in [6.45, 7) is 6.89. The quantitative estimate of drug-likeness (QED) is 0.710. The second-order valence-electron chi connectivity index (χ2n) is 5.22. The van der Waals surface area contributed by atoms with Crippen molar-refractivity contribution in [3.63, 3.8) is 0 Å². The third-order valence-electron chi connectivity index (χ3n) is 3.78. The van der Waals surface area contributed by atoms with E-state index >= 15 is 0 Å². The fraction of sp³-hybridized carbons (Fsp3) is 0.909. The normalized spacial score (nSPS) is 26.0. The molecule has 0 atom stereocenters. The van der Waals surface area contributed by atoms with Crippen molar-refractivity contribution >= 4 is 5.91 Å². The third-order valence-corrected chi connectivity index (χ3v) is 3.78. The minimum atomic E-state index is 0.235. The van der Waals surface area contributed by atoms with Gasteiger partial charge in [0.05, 0.1) is 0 Å². The monoisotopic (exact) mass is 196 g/mol. The Hall–Kier alpha value is -0.570. The Morgan fingerprint density at radius 1 is 1.43 bits per heavy atom. The maximum atomic E-state index is 11.3. The van der Waals surface area contributed by atoms with E-state index in [2.05, 4.69) is 24.1 Å². The van der Waals surface area contributed by atoms with E-state index < -0.39 is 0 Å². The van der Waals surface area contributed by atoms with Crippen LogP contribution in [0.5, 0.6) is 0 Å². The summed E-state index contributed by atoms with van der Waals surface area (Å²) in [6, 6.07) is 0.666. The third kappa shape index (κ3) is 1.44. The van der Waals surface area contributed by atoms with Crippen molar-refractivity contribution < 1.29 is 4.79 Å². The predicted molar refractivity (Wildman–Crippen MR) is 55.9 cm³/mol. The molecule has 0 radical (unpaired) electrons. The van der Waals surface area contributed by atoms with Crippen LogP contribution in [0.1, 0.15) is 26.7 Å². The minimum absolute atomic E-state index is 0.235. The lowest BCUT2D eigenvalue weighted by Gasteiger charge is -2.60. The number of likely N-dealkylation sites (tertiary alicyclic amines) is 1. The Labute approximate surface area is 85.8 Å². The largest absolute Gasteiger partial charge is 0.359 e. The highest BCUT2D eigenvalue weighted by Crippen LogP contribution is 2.52. The van der Waals surface area contributed by atoms with Gasteiger partial charge in [0, 0.05) is 32.1 Å². The van der Waals surface area contributed by atoms with Gasteiger partial charge in [0.1, 0.15) is 0 Å². The van der Waals surface area contributed by atoms with Gasteiger partial charge in [-0.15, -0.1) is 0 Å². The van der Waals surface area contributed by atoms with E-state index in [1.807, 2.05) is 0 Å². The molecule has 2 rings (SSSR count). The molecule has 1 amide bonds. The molecule has 2 fully saturated rings. The van der Waals surface area contributed by atoms with Crippen LogP contribution in [-0.4, -0.2) is 37.0 Å². The Morgan fingerprint density at radius 2 is 2.00 bits per heavy atom. The first-order chi connectivity index (χ1) is 6.56. The summed E-state index contributed by atoms with van der Waals surface area (Å²) in [5.41, 5.74) is 0.515. The minimum Gasteiger partial charge on any atom is -0.359 e. The van der Waals surface area contributed by atoms with Gasteiger partial charge >= 0.3 is 0 Å². The van der Waals surface area contributed by atoms with Crippen LogP contribution >= 0.6 is 0 Å². The topological polar surface area (TPSA) is 32.3 Å². The van der Waals surface area contributed by atoms with Gasteiger partial charge in [-0.1, -0.05) is 0 Å². The molecule has 3 nitrogen and oxygen atoms in total. The van der Waals surface area contributed by atoms with E-state index in [1.54, 1.807) is 7.05 Å². The summed E-state index contributed by atoms with van der Waals surface area (Å²) in [6.07, 6.45) is 2.21. The van der Waals surface area contributed by atoms with E-state index in [0.29, 0.717) is 17.4 Å². The van der Waals surface area contributed by atoms with E-state index in [0.717, 1.165) is 12.8 Å². The highest BCUT2D eigenvalue weighted by Gasteiger charge is 2.54. The van der Waals surface area contributed by atoms with E-state index in [4.69, 9.17) is 0 Å². The zero-order chi connectivity index (χ0) is 10.3. The second-order valence-corrected chi connectivity index (χ2v) is 5.22. The number of rotatable bonds is 2. The van der Waals surface area contributed by atoms with Gasteiger partial charge in [-0.2, -0.15) is 0 Å². The van der Waals surface area contributed by atoms with E-state index in [9.17, 15) is 4.79 Å². The lowest BCUT2D eigenvalue weighted by molar-refractivity contribution is -0.146. The summed E-state index contributed by atoms with van der Waals surface area (Å²) in [5, 5.41) is 2.73. The van der Waals surface area contributed by atoms with Crippen LogP contribution in [0.15, 0.2) is 0 Å². The molecule has 1 aliphatic carbocycles. The van der Waals surface area contributed by atoms with Crippen molar-refractivity contribution in [1.29, 1.82) is 0 Å². The number of nitrogens with one attached hydrogen (secondary N) is 1. The molecule has 0 aromatic heterocycles. The van der Waals surface area contributed by atoms with Crippen molar-refractivity contribution in [2.45, 2.75) is 32.7 Å². The molecule has 0 aromatic carbocycles. The van der Waals surface area contributed by atoms with Crippen LogP contribution in [0.3, 0.4) is 0 Å². The highest BCUT2D eigenvalue weighted by atomic mass is 16.1. The maximum Gasteiger partial charge on any atom is 0.222 e. The average molecular weight is 196 g/mol. The molecule has 0 unspecified atom stereocenters. The summed E-state index contributed by atoms with van der Waals surface area (Å²) in [5.74, 6) is 0.535. The van der Waals surface area contributed by atoms with Gasteiger partial charge in [-0.3, -0.25) is 9.69 Å². The van der Waals surface area contributed by atoms with Gasteiger partial charge < -0.3 is 5.32 Å². The van der Waals surface area contributed by atoms with Crippen molar-refractivity contribution in [3.05, 3.63) is 0 Å². The zero-order valence-electron chi connectivity index (χ0n) is 9.34. The molecule has 3 heteroatoms. The summed E-state index contributed by atoms with van der Waals surface area (Å²) in [7, 11) is 1.73. The SMILES string of the molecule is CNC(=O)C1CC2(C1)CN(C(C)C)C2. The molecule has 1 saturated carbocycles. The second kappa shape index (κ2) is 3.23. The molecular weight excluding hydrogens is 176 g/mol. The molecule has 1 aliphatic heterocycles. The first-order valence-corrected chi connectivity index (χ1v) is 5.52. The first-order valence-electron chi connectivity index (χ1n) is 5.52. The van der Waals surface area contributed by atoms with E-state index in [1.165, 1.54) is 13.1 Å². The van der Waals surface area contributed by atoms with Gasteiger partial charge in [-0.05, 0) is 32.1 Å². The van der Waals surface area contributed by atoms with Crippen molar-refractivity contribution in [3.8, 4) is 0 Å². The Kier molecular flexibility index (Phi) is 2.30. The van der Waals surface area contributed by atoms with Crippen LogP contribution in [0.2, 0.25) is 0 Å². The van der Waals surface area contributed by atoms with Gasteiger partial charge in [0.25, 0.3) is 0 Å². The standard InChI is InChI=1S/C11H20N2O/c1-8(2)13-6-11(7-13)4-9(5-11)10(14)12-3/h8-9H,4-7H2,1-3H3,(H,12,14). The summed E-state index contributed by atoms with van der Waals surface area (Å²) in [4.78, 5) is 13.8. The fourth-order valence-corrected chi connectivity index (χ4v) is 2.81. The van der Waals surface area contributed by atoms with Gasteiger partial charge in [-0.25, -0.2) is 0 Å². The molecule has 2 aliphatic rings. The van der Waals surface area contributed by atoms with Gasteiger partial charge in [0.2, 0.25) is 5.91 Å². The van der Waals surface area contributed by atoms with Gasteiger partial charge in [0.15, 0.2) is 0 Å². The number of hydrogen-bond donors (Lipinski definition) is 1. The van der Waals surface area contributed by atoms with Crippen LogP contribution in [0.25, 0.3) is 0 Å². The Morgan fingerprint density at radius 3 is 2.43 bits per heavy atom. The average Bonchev–Trinajstić information content (AvgIpc) is 1.98. The predicted octanol–water partition coefficient (Wildman–Crippen LogP) is 0.853. The number of nitrogens with zero attached hydrogens (tertiary/aromatic N) is 1. The molecular formula is C11H20N2O. The summed E-state index contributed by atoms with van der Waals surface area (Å²) >= 11 is 0. The lowest BCUT2D eigenvalue weighted by atomic mass is 9.57. The van der Waals surface area contributed by atoms with Crippen molar-refractivity contribution in [2.75, 3.05) is 20.1 Å². The molecule has 14 heavy (non-hydrogen) atoms. The molecule has 1 heterocycles. The van der Waals surface area contributed by atoms with Crippen molar-refractivity contribution in [1.82, 2.24) is 10.2 Å². The molecule has 0 aromatic rings. The fourth-order valence-electron chi connectivity index (χ4n) is 2.81. The highest BCUT2D eigenvalue weighted by molar-refractivity contribution is 5.79. The smallest absolute Gasteiger partial charge is 0.222 e. The number of carbonyl (C=O) groups excluding carboxylic acids is 1. The molecule has 1 saturated heterocycles. The van der Waals surface area contributed by atoms with Crippen molar-refractivity contribution in [2.24, 2.45) is 11.3 Å². The number of hydrogen-bond acceptors (Lipinski definition) is 2. The molecule has 1 spiro atoms. The van der Waals surface area contributed by atoms with Crippen LogP contribution in [0.4, 0.5) is 0 Å². The Bertz CT molecular complexity index is 236. The number of amides is 1. The molecule has 0 bridgehead atoms. The maximum absolute atomic E-state index is 11.3. The van der Waals surface area contributed by atoms with E-state index in [-0.39, 0.29) is 5.91 Å². The van der Waals surface area contributed by atoms with Crippen LogP contribution in [0, 0.1) is 11.3 Å². The van der Waals surface area contributed by atoms with Crippen LogP contribution in [-0.2, 0) is 4.79 Å². The Balaban J connectivity index is 1.77. The number of carbonyl (C=O) groups is 1. The lowest BCUT2D eigenvalue weighted by Crippen LogP contribution is -2.65. The first kappa shape index (κ1) is 9.97. The summed E-state index contributed by atoms with van der Waals surface area (Å²) < 4.78 is 0. The molecule has 1 N–H and O–H groups in total.